The molecule has 89 heavy (non-hydrogen) atoms. The molecule has 0 spiro atoms. The summed E-state index contributed by atoms with van der Waals surface area (Å²) < 4.78 is 473. The van der Waals surface area contributed by atoms with Crippen molar-refractivity contribution >= 4 is 45.3 Å². The van der Waals surface area contributed by atoms with E-state index in [0.29, 0.717) is 12.4 Å². The third kappa shape index (κ3) is 14.1. The molecule has 0 aliphatic carbocycles. The molecular formula is C50H30AgB2F30N3O3. The summed E-state index contributed by atoms with van der Waals surface area (Å²) in [5, 5.41) is 2.18. The number of halogens is 30. The zero-order valence-corrected chi connectivity index (χ0v) is 46.1. The third-order valence-electron chi connectivity index (χ3n) is 11.8. The largest absolute Gasteiger partial charge is 1.00 e. The summed E-state index contributed by atoms with van der Waals surface area (Å²) >= 11 is 0. The summed E-state index contributed by atoms with van der Waals surface area (Å²) in [5.74, 6) is -110. The fourth-order valence-electron chi connectivity index (χ4n) is 8.05. The van der Waals surface area contributed by atoms with Gasteiger partial charge in [0.2, 0.25) is 0 Å². The Bertz CT molecular complexity index is 3040. The molecular weight excluding hydrogens is 1390 g/mol. The summed E-state index contributed by atoms with van der Waals surface area (Å²) in [6.07, 6.45) is -13.6. The van der Waals surface area contributed by atoms with Crippen LogP contribution in [0.3, 0.4) is 0 Å². The minimum absolute atomic E-state index is 0. The van der Waals surface area contributed by atoms with Crippen molar-refractivity contribution in [3.63, 3.8) is 0 Å². The fraction of sp³-hybridized carbons (Fsp3) is 0.240. The van der Waals surface area contributed by atoms with Crippen LogP contribution in [0.4, 0.5) is 132 Å². The first-order valence-corrected chi connectivity index (χ1v) is 23.8. The minimum atomic E-state index is -7.12. The first-order valence-electron chi connectivity index (χ1n) is 23.8. The summed E-state index contributed by atoms with van der Waals surface area (Å²) in [6.45, 7) is 17.0. The molecule has 0 unspecified atom stereocenters. The number of benzene rings is 6. The van der Waals surface area contributed by atoms with Crippen LogP contribution in [0.5, 0.6) is 0 Å². The number of nitrogens with zero attached hydrogens (tertiary/aromatic N) is 3. The quantitative estimate of drug-likeness (QED) is 0.0403. The minimum Gasteiger partial charge on any atom is -0.484 e. The molecule has 0 saturated heterocycles. The smallest absolute Gasteiger partial charge is 0.484 e. The molecule has 0 aromatic heterocycles. The number of ether oxygens (including phenoxy) is 3. The van der Waals surface area contributed by atoms with E-state index in [-0.39, 0.29) is 22.4 Å². The van der Waals surface area contributed by atoms with Crippen molar-refractivity contribution < 1.29 is 168 Å². The van der Waals surface area contributed by atoms with Gasteiger partial charge >= 0.3 is 34.9 Å². The SMILES string of the molecule is CCOCC.CCOCC.CCOCC.Fc1c(F)c(F)c([B-]([N+]#C[N-]C#[N+][B-](c2c(F)c(F)c(F)c(F)c2F)(c2c(F)c(F)c(F)c(F)c2F)c2c(F)c(F)c(F)c(F)c2F)(c2c(F)c(F)c(F)c(F)c2F)c2c(F)c(F)c(F)c(F)c2F)c(F)c1F.[Ag+]. The Morgan fingerprint density at radius 1 is 0.225 bits per heavy atom. The van der Waals surface area contributed by atoms with Crippen molar-refractivity contribution in [3.8, 4) is 12.4 Å². The molecule has 0 aliphatic rings. The molecule has 490 valence electrons. The second-order valence-electron chi connectivity index (χ2n) is 16.5. The Balaban J connectivity index is 0.00000151. The number of hydrogen-bond donors (Lipinski definition) is 0. The van der Waals surface area contributed by atoms with Crippen molar-refractivity contribution in [2.75, 3.05) is 39.6 Å². The molecule has 6 nitrogen and oxygen atoms in total. The van der Waals surface area contributed by atoms with E-state index in [1.54, 1.807) is 0 Å². The van der Waals surface area contributed by atoms with Crippen molar-refractivity contribution in [3.05, 3.63) is 189 Å². The van der Waals surface area contributed by atoms with Crippen LogP contribution in [-0.4, -0.2) is 52.2 Å². The summed E-state index contributed by atoms with van der Waals surface area (Å²) in [4.78, 5) is 0. The van der Waals surface area contributed by atoms with Gasteiger partial charge in [-0.25, -0.2) is 132 Å². The van der Waals surface area contributed by atoms with E-state index >= 15 is 52.7 Å². The Hall–Kier alpha value is -7.25. The zero-order valence-electron chi connectivity index (χ0n) is 44.6. The molecule has 0 N–H and O–H groups in total. The fourth-order valence-corrected chi connectivity index (χ4v) is 8.05. The van der Waals surface area contributed by atoms with Crippen molar-refractivity contribution in [2.24, 2.45) is 0 Å². The van der Waals surface area contributed by atoms with Crippen LogP contribution < -0.4 is 32.8 Å². The average molecular weight is 1420 g/mol. The van der Waals surface area contributed by atoms with Gasteiger partial charge in [0.05, 0.1) is 0 Å². The van der Waals surface area contributed by atoms with E-state index < -0.39 is 220 Å². The molecule has 0 radical (unpaired) electrons. The second-order valence-corrected chi connectivity index (χ2v) is 16.5. The molecule has 6 aromatic rings. The van der Waals surface area contributed by atoms with E-state index in [4.69, 9.17) is 14.2 Å². The van der Waals surface area contributed by atoms with Crippen LogP contribution in [0.15, 0.2) is 0 Å². The van der Waals surface area contributed by atoms with Gasteiger partial charge in [-0.3, -0.25) is 0 Å². The van der Waals surface area contributed by atoms with Crippen LogP contribution >= 0.6 is 0 Å². The van der Waals surface area contributed by atoms with Crippen LogP contribution in [0.2, 0.25) is 0 Å². The molecule has 0 saturated carbocycles. The molecule has 6 rings (SSSR count). The maximum atomic E-state index is 15.8. The second kappa shape index (κ2) is 32.0. The van der Waals surface area contributed by atoms with Gasteiger partial charge in [0.15, 0.2) is 105 Å². The molecule has 39 heteroatoms. The van der Waals surface area contributed by atoms with Gasteiger partial charge in [0, 0.05) is 45.0 Å². The Labute approximate surface area is 495 Å². The van der Waals surface area contributed by atoms with Crippen molar-refractivity contribution in [1.82, 2.24) is 0 Å². The first-order chi connectivity index (χ1) is 41.0. The molecule has 0 aliphatic heterocycles. The zero-order chi connectivity index (χ0) is 67.7. The van der Waals surface area contributed by atoms with Gasteiger partial charge < -0.3 is 23.7 Å². The maximum Gasteiger partial charge on any atom is 1.00 e. The number of rotatable bonds is 12. The van der Waals surface area contributed by atoms with Gasteiger partial charge in [-0.1, -0.05) is 32.8 Å². The van der Waals surface area contributed by atoms with Crippen LogP contribution in [0.25, 0.3) is 14.8 Å². The molecule has 6 aromatic carbocycles. The van der Waals surface area contributed by atoms with E-state index in [0.717, 1.165) is 39.6 Å². The van der Waals surface area contributed by atoms with Gasteiger partial charge in [0.25, 0.3) is 12.4 Å². The van der Waals surface area contributed by atoms with Gasteiger partial charge in [-0.2, -0.15) is 0 Å². The maximum absolute atomic E-state index is 15.8. The van der Waals surface area contributed by atoms with Crippen LogP contribution in [0.1, 0.15) is 41.5 Å². The van der Waals surface area contributed by atoms with E-state index in [1.165, 1.54) is 0 Å². The average Bonchev–Trinajstić information content (AvgIpc) is 0.773. The summed E-state index contributed by atoms with van der Waals surface area (Å²) in [6, 6.07) is 0. The Morgan fingerprint density at radius 2 is 0.326 bits per heavy atom. The van der Waals surface area contributed by atoms with Crippen LogP contribution in [-0.2, 0) is 36.6 Å². The van der Waals surface area contributed by atoms with Crippen LogP contribution in [0, 0.1) is 187 Å². The standard InChI is InChI=1S/C38B2F30N3.3C4H10O.Ag/c41-9-3(10(42)22(54)33(65)21(9)53)39(4-11(43)23(55)34(66)24(56)12(4)44,5-13(45)25(57)35(67)26(58)14(5)46)72-1-71-2-73-40(6-15(47)27(59)36(68)28(60)16(6)48,7-17(49)29(61)37(69)30(62)18(7)50)8-19(51)31(63)38(70)32(64)20(8)52;3*1-3-5-4-2;/h;3*3-4H2,1-2H3;/q-1;;;;+1. The Kier molecular flexibility index (Phi) is 28.0. The Morgan fingerprint density at radius 3 is 0.416 bits per heavy atom. The van der Waals surface area contributed by atoms with Crippen molar-refractivity contribution in [1.29, 1.82) is 0 Å². The van der Waals surface area contributed by atoms with E-state index in [2.05, 4.69) is 14.8 Å². The third-order valence-corrected chi connectivity index (χ3v) is 11.8. The summed E-state index contributed by atoms with van der Waals surface area (Å²) in [7, 11) is 0. The monoisotopic (exact) mass is 1420 g/mol. The molecule has 0 atom stereocenters. The molecule has 0 bridgehead atoms. The first kappa shape index (κ1) is 77.8. The molecule has 0 fully saturated rings. The van der Waals surface area contributed by atoms with Gasteiger partial charge in [0.1, 0.15) is 69.8 Å². The normalized spacial score (nSPS) is 11.1. The topological polar surface area (TPSA) is 50.5 Å². The van der Waals surface area contributed by atoms with Gasteiger partial charge in [-0.15, -0.1) is 0 Å². The van der Waals surface area contributed by atoms with E-state index in [9.17, 15) is 79.0 Å². The number of hydrogen-bond acceptors (Lipinski definition) is 3. The molecule has 0 heterocycles. The van der Waals surface area contributed by atoms with E-state index in [1.807, 2.05) is 41.5 Å². The van der Waals surface area contributed by atoms with Gasteiger partial charge in [-0.05, 0) is 41.5 Å². The van der Waals surface area contributed by atoms with Crippen molar-refractivity contribution in [2.45, 2.75) is 41.5 Å². The predicted molar refractivity (Wildman–Crippen MR) is 251 cm³/mol. The summed E-state index contributed by atoms with van der Waals surface area (Å²) in [5.41, 5.74) is -21.5. The predicted octanol–water partition coefficient (Wildman–Crippen LogP) is 12.6. The molecule has 0 amide bonds.